The molecule has 19 heteroatoms. The van der Waals surface area contributed by atoms with E-state index in [0.717, 1.165) is 120 Å². The highest BCUT2D eigenvalue weighted by Crippen LogP contribution is 2.45. The molecule has 0 aromatic carbocycles. The van der Waals surface area contributed by atoms with Crippen LogP contribution in [0.5, 0.6) is 0 Å². The maximum absolute atomic E-state index is 13.1. The van der Waals surface area contributed by atoms with Crippen molar-refractivity contribution in [3.63, 3.8) is 0 Å². The van der Waals surface area contributed by atoms with Gasteiger partial charge in [-0.1, -0.05) is 370 Å². The maximum atomic E-state index is 13.1. The Balaban J connectivity index is 5.21. The molecule has 6 atom stereocenters. The van der Waals surface area contributed by atoms with Crippen molar-refractivity contribution in [1.82, 2.24) is 0 Å². The first-order chi connectivity index (χ1) is 48.6. The summed E-state index contributed by atoms with van der Waals surface area (Å²) < 4.78 is 68.7. The summed E-state index contributed by atoms with van der Waals surface area (Å²) in [6.07, 6.45) is 58.3. The molecule has 0 aliphatic rings. The van der Waals surface area contributed by atoms with Crippen molar-refractivity contribution >= 4 is 39.5 Å². The van der Waals surface area contributed by atoms with E-state index in [1.807, 2.05) is 0 Å². The van der Waals surface area contributed by atoms with E-state index >= 15 is 0 Å². The molecule has 0 aromatic rings. The van der Waals surface area contributed by atoms with Gasteiger partial charge in [0.25, 0.3) is 0 Å². The molecule has 17 nitrogen and oxygen atoms in total. The number of carbonyl (C=O) groups is 4. The van der Waals surface area contributed by atoms with Crippen molar-refractivity contribution in [2.45, 2.75) is 440 Å². The number of ether oxygens (including phenoxy) is 4. The van der Waals surface area contributed by atoms with Crippen LogP contribution in [0.3, 0.4) is 0 Å². The lowest BCUT2D eigenvalue weighted by atomic mass is 10.00. The third-order valence-corrected chi connectivity index (χ3v) is 21.3. The summed E-state index contributed by atoms with van der Waals surface area (Å²) in [5.74, 6) is 0.995. The molecular formula is C82H160O17P2. The Labute approximate surface area is 619 Å². The Bertz CT molecular complexity index is 1970. The van der Waals surface area contributed by atoms with Crippen molar-refractivity contribution in [1.29, 1.82) is 0 Å². The standard InChI is InChI=1S/C82H160O17P2/c1-9-75(8)61-53-45-40-41-47-55-63-80(85)93-69-78(99-82(87)64-56-48-38-32-25-19-15-13-11-10-12-14-17-22-28-34-42-50-58-72(2)3)71-97-101(90,91)95-67-76(83)66-94-100(88,89)96-70-77(68-92-79(84)62-54-46-37-31-27-21-24-30-36-44-52-60-74(6)7)98-81(86)65-57-49-39-33-26-20-16-18-23-29-35-43-51-59-73(4)5/h72-78,83H,9-71H2,1-8H3,(H,88,89)(H,90,91)/t75?,76-,77-,78-/m1/s1. The largest absolute Gasteiger partial charge is 0.472 e. The first-order valence-electron chi connectivity index (χ1n) is 42.2. The minimum absolute atomic E-state index is 0.107. The molecule has 0 radical (unpaired) electrons. The summed E-state index contributed by atoms with van der Waals surface area (Å²) in [6.45, 7) is 14.3. The molecule has 3 N–H and O–H groups in total. The van der Waals surface area contributed by atoms with E-state index in [2.05, 4.69) is 55.4 Å². The number of unbranched alkanes of at least 4 members (excludes halogenated alkanes) is 44. The predicted molar refractivity (Wildman–Crippen MR) is 414 cm³/mol. The Hall–Kier alpha value is -1.94. The average Bonchev–Trinajstić information content (AvgIpc) is 0.972. The van der Waals surface area contributed by atoms with Gasteiger partial charge in [-0.25, -0.2) is 9.13 Å². The van der Waals surface area contributed by atoms with Crippen LogP contribution < -0.4 is 0 Å². The van der Waals surface area contributed by atoms with Crippen molar-refractivity contribution in [2.75, 3.05) is 39.6 Å². The normalized spacial score (nSPS) is 14.3. The van der Waals surface area contributed by atoms with Crippen LogP contribution in [0.4, 0.5) is 0 Å². The molecule has 0 aliphatic carbocycles. The van der Waals surface area contributed by atoms with Crippen molar-refractivity contribution in [3.05, 3.63) is 0 Å². The summed E-state index contributed by atoms with van der Waals surface area (Å²) in [4.78, 5) is 73.0. The van der Waals surface area contributed by atoms with Crippen LogP contribution in [-0.2, 0) is 65.4 Å². The zero-order chi connectivity index (χ0) is 74.6. The molecule has 0 rings (SSSR count). The van der Waals surface area contributed by atoms with Crippen LogP contribution >= 0.6 is 15.6 Å². The van der Waals surface area contributed by atoms with Crippen LogP contribution in [-0.4, -0.2) is 96.7 Å². The van der Waals surface area contributed by atoms with Crippen molar-refractivity contribution < 1.29 is 80.2 Å². The molecule has 0 bridgehead atoms. The maximum Gasteiger partial charge on any atom is 0.472 e. The number of rotatable bonds is 79. The fourth-order valence-corrected chi connectivity index (χ4v) is 14.2. The molecule has 0 fully saturated rings. The van der Waals surface area contributed by atoms with E-state index in [9.17, 15) is 43.2 Å². The van der Waals surface area contributed by atoms with E-state index in [0.29, 0.717) is 25.7 Å². The fraction of sp³-hybridized carbons (Fsp3) is 0.951. The van der Waals surface area contributed by atoms with Crippen LogP contribution in [0.15, 0.2) is 0 Å². The number of esters is 4. The van der Waals surface area contributed by atoms with Gasteiger partial charge in [-0.05, 0) is 49.4 Å². The molecule has 0 aromatic heterocycles. The Morgan fingerprint density at radius 3 is 0.703 bits per heavy atom. The zero-order valence-corrected chi connectivity index (χ0v) is 68.3. The van der Waals surface area contributed by atoms with Gasteiger partial charge in [0.1, 0.15) is 19.3 Å². The molecule has 0 heterocycles. The molecule has 3 unspecified atom stereocenters. The lowest BCUT2D eigenvalue weighted by molar-refractivity contribution is -0.161. The molecule has 0 saturated carbocycles. The van der Waals surface area contributed by atoms with Crippen LogP contribution in [0, 0.1) is 23.7 Å². The lowest BCUT2D eigenvalue weighted by Crippen LogP contribution is -2.30. The molecule has 600 valence electrons. The predicted octanol–water partition coefficient (Wildman–Crippen LogP) is 24.4. The minimum Gasteiger partial charge on any atom is -0.462 e. The smallest absolute Gasteiger partial charge is 0.462 e. The first-order valence-corrected chi connectivity index (χ1v) is 45.2. The van der Waals surface area contributed by atoms with Crippen LogP contribution in [0.25, 0.3) is 0 Å². The number of aliphatic hydroxyl groups is 1. The van der Waals surface area contributed by atoms with Crippen molar-refractivity contribution in [2.24, 2.45) is 23.7 Å². The first kappa shape index (κ1) is 99.1. The Kier molecular flexibility index (Phi) is 69.6. The molecular weight excluding hydrogens is 1320 g/mol. The molecule has 0 amide bonds. The lowest BCUT2D eigenvalue weighted by Gasteiger charge is -2.21. The van der Waals surface area contributed by atoms with Gasteiger partial charge in [-0.2, -0.15) is 0 Å². The van der Waals surface area contributed by atoms with Gasteiger partial charge in [-0.3, -0.25) is 37.3 Å². The fourth-order valence-electron chi connectivity index (χ4n) is 12.6. The average molecular weight is 1480 g/mol. The summed E-state index contributed by atoms with van der Waals surface area (Å²) in [7, 11) is -9.92. The van der Waals surface area contributed by atoms with E-state index in [1.165, 1.54) is 218 Å². The zero-order valence-electron chi connectivity index (χ0n) is 66.5. The van der Waals surface area contributed by atoms with Gasteiger partial charge in [0.2, 0.25) is 0 Å². The molecule has 0 aliphatic heterocycles. The number of carbonyl (C=O) groups excluding carboxylic acids is 4. The van der Waals surface area contributed by atoms with E-state index < -0.39 is 97.5 Å². The van der Waals surface area contributed by atoms with Gasteiger partial charge < -0.3 is 33.8 Å². The molecule has 0 saturated heterocycles. The quantitative estimate of drug-likeness (QED) is 0.0222. The van der Waals surface area contributed by atoms with E-state index in [1.54, 1.807) is 0 Å². The third-order valence-electron chi connectivity index (χ3n) is 19.4. The molecule has 0 spiro atoms. The summed E-state index contributed by atoms with van der Waals surface area (Å²) in [6, 6.07) is 0. The highest BCUT2D eigenvalue weighted by Gasteiger charge is 2.30. The topological polar surface area (TPSA) is 237 Å². The summed E-state index contributed by atoms with van der Waals surface area (Å²) >= 11 is 0. The second-order valence-electron chi connectivity index (χ2n) is 31.2. The SMILES string of the molecule is CCC(C)CCCCCCCCC(=O)OC[C@H](COP(=O)(O)OC[C@H](O)COP(=O)(O)OC[C@@H](COC(=O)CCCCCCCCCCCCCC(C)C)OC(=O)CCCCCCCCCCCCCCCC(C)C)OC(=O)CCCCCCCCCCCCCCCCCCCCC(C)C. The number of phosphoric acid groups is 2. The van der Waals surface area contributed by atoms with Gasteiger partial charge in [0.15, 0.2) is 12.2 Å². The monoisotopic (exact) mass is 1480 g/mol. The Morgan fingerprint density at radius 2 is 0.475 bits per heavy atom. The molecule has 101 heavy (non-hydrogen) atoms. The van der Waals surface area contributed by atoms with E-state index in [4.69, 9.17) is 37.0 Å². The van der Waals surface area contributed by atoms with Crippen LogP contribution in [0.1, 0.15) is 421 Å². The van der Waals surface area contributed by atoms with Gasteiger partial charge >= 0.3 is 39.5 Å². The van der Waals surface area contributed by atoms with Crippen molar-refractivity contribution in [3.8, 4) is 0 Å². The highest BCUT2D eigenvalue weighted by molar-refractivity contribution is 7.47. The number of hydrogen-bond donors (Lipinski definition) is 3. The van der Waals surface area contributed by atoms with Crippen LogP contribution in [0.2, 0.25) is 0 Å². The third kappa shape index (κ3) is 74.7. The second-order valence-corrected chi connectivity index (χ2v) is 34.1. The number of hydrogen-bond acceptors (Lipinski definition) is 15. The highest BCUT2D eigenvalue weighted by atomic mass is 31.2. The minimum atomic E-state index is -4.96. The second kappa shape index (κ2) is 71.0. The number of aliphatic hydroxyl groups excluding tert-OH is 1. The summed E-state index contributed by atoms with van der Waals surface area (Å²) in [5, 5.41) is 10.6. The van der Waals surface area contributed by atoms with E-state index in [-0.39, 0.29) is 25.7 Å². The summed E-state index contributed by atoms with van der Waals surface area (Å²) in [5.41, 5.74) is 0. The van der Waals surface area contributed by atoms with Gasteiger partial charge in [0, 0.05) is 25.7 Å². The number of phosphoric ester groups is 2. The van der Waals surface area contributed by atoms with Gasteiger partial charge in [-0.15, -0.1) is 0 Å². The van der Waals surface area contributed by atoms with Gasteiger partial charge in [0.05, 0.1) is 26.4 Å². The Morgan fingerprint density at radius 1 is 0.277 bits per heavy atom.